The summed E-state index contributed by atoms with van der Waals surface area (Å²) in [5, 5.41) is 1.75. The Morgan fingerprint density at radius 2 is 2.26 bits per heavy atom. The summed E-state index contributed by atoms with van der Waals surface area (Å²) in [6.45, 7) is 5.63. The Kier molecular flexibility index (Phi) is 3.69. The van der Waals surface area contributed by atoms with Gasteiger partial charge >= 0.3 is 0 Å². The van der Waals surface area contributed by atoms with Crippen LogP contribution in [-0.4, -0.2) is 35.7 Å². The predicted molar refractivity (Wildman–Crippen MR) is 77.4 cm³/mol. The Morgan fingerprint density at radius 3 is 3.11 bits per heavy atom. The Bertz CT molecular complexity index is 587. The molecule has 2 aromatic rings. The number of para-hydroxylation sites is 1. The van der Waals surface area contributed by atoms with Gasteiger partial charge in [-0.05, 0) is 19.1 Å². The van der Waals surface area contributed by atoms with Crippen molar-refractivity contribution in [2.45, 2.75) is 19.6 Å². The van der Waals surface area contributed by atoms with Gasteiger partial charge in [0.2, 0.25) is 0 Å². The van der Waals surface area contributed by atoms with Crippen LogP contribution in [0.4, 0.5) is 0 Å². The van der Waals surface area contributed by atoms with Gasteiger partial charge in [-0.25, -0.2) is 4.98 Å². The molecule has 0 amide bonds. The normalized spacial score (nSPS) is 20.8. The number of halogens is 1. The highest BCUT2D eigenvalue weighted by molar-refractivity contribution is 6.30. The number of pyridine rings is 1. The molecule has 1 saturated heterocycles. The Hall–Kier alpha value is -1.16. The molecule has 1 aromatic heterocycles. The van der Waals surface area contributed by atoms with E-state index in [1.807, 2.05) is 18.2 Å². The molecule has 2 heterocycles. The third-order valence-electron chi connectivity index (χ3n) is 3.47. The molecule has 19 heavy (non-hydrogen) atoms. The van der Waals surface area contributed by atoms with Gasteiger partial charge in [0, 0.05) is 30.6 Å². The van der Waals surface area contributed by atoms with Gasteiger partial charge in [-0.15, -0.1) is 0 Å². The molecule has 0 saturated carbocycles. The van der Waals surface area contributed by atoms with Crippen LogP contribution >= 0.6 is 11.6 Å². The quantitative estimate of drug-likeness (QED) is 0.788. The summed E-state index contributed by atoms with van der Waals surface area (Å²) in [7, 11) is 0. The highest BCUT2D eigenvalue weighted by atomic mass is 35.5. The summed E-state index contributed by atoms with van der Waals surface area (Å²) >= 11 is 6.29. The summed E-state index contributed by atoms with van der Waals surface area (Å²) in [6, 6.07) is 10.2. The van der Waals surface area contributed by atoms with Gasteiger partial charge < -0.3 is 4.74 Å². The lowest BCUT2D eigenvalue weighted by Crippen LogP contribution is -2.40. The van der Waals surface area contributed by atoms with Crippen LogP contribution in [0.3, 0.4) is 0 Å². The second-order valence-corrected chi connectivity index (χ2v) is 5.41. The second-order valence-electron chi connectivity index (χ2n) is 5.05. The van der Waals surface area contributed by atoms with Crippen LogP contribution < -0.4 is 0 Å². The van der Waals surface area contributed by atoms with E-state index in [1.165, 1.54) is 0 Å². The molecule has 0 spiro atoms. The van der Waals surface area contributed by atoms with E-state index in [2.05, 4.69) is 28.9 Å². The number of morpholine rings is 1. The first-order valence-corrected chi connectivity index (χ1v) is 6.98. The van der Waals surface area contributed by atoms with Gasteiger partial charge in [0.25, 0.3) is 0 Å². The molecule has 1 atom stereocenters. The number of ether oxygens (including phenoxy) is 1. The van der Waals surface area contributed by atoms with Gasteiger partial charge in [-0.2, -0.15) is 0 Å². The molecule has 1 fully saturated rings. The SMILES string of the molecule is CC1CN(Cc2cc3ccccc3nc2Cl)CCO1. The summed E-state index contributed by atoms with van der Waals surface area (Å²) in [6.07, 6.45) is 0.293. The number of hydrogen-bond acceptors (Lipinski definition) is 3. The molecule has 3 nitrogen and oxygen atoms in total. The van der Waals surface area contributed by atoms with E-state index in [-0.39, 0.29) is 0 Å². The number of hydrogen-bond donors (Lipinski definition) is 0. The van der Waals surface area contributed by atoms with Crippen molar-refractivity contribution in [1.82, 2.24) is 9.88 Å². The molecule has 0 N–H and O–H groups in total. The Morgan fingerprint density at radius 1 is 1.42 bits per heavy atom. The van der Waals surface area contributed by atoms with Crippen molar-refractivity contribution in [2.75, 3.05) is 19.7 Å². The lowest BCUT2D eigenvalue weighted by molar-refractivity contribution is -0.0212. The van der Waals surface area contributed by atoms with Crippen LogP contribution in [0.25, 0.3) is 10.9 Å². The predicted octanol–water partition coefficient (Wildman–Crippen LogP) is 3.11. The van der Waals surface area contributed by atoms with Crippen molar-refractivity contribution in [3.05, 3.63) is 41.0 Å². The first-order chi connectivity index (χ1) is 9.22. The van der Waals surface area contributed by atoms with E-state index in [9.17, 15) is 0 Å². The molecular weight excluding hydrogens is 260 g/mol. The molecule has 1 aliphatic rings. The Balaban J connectivity index is 1.85. The average Bonchev–Trinajstić information content (AvgIpc) is 2.40. The third kappa shape index (κ3) is 2.89. The minimum absolute atomic E-state index is 0.293. The molecule has 0 aliphatic carbocycles. The number of nitrogens with zero attached hydrogens (tertiary/aromatic N) is 2. The maximum Gasteiger partial charge on any atom is 0.134 e. The van der Waals surface area contributed by atoms with Crippen LogP contribution in [0, 0.1) is 0 Å². The lowest BCUT2D eigenvalue weighted by atomic mass is 10.1. The van der Waals surface area contributed by atoms with Crippen molar-refractivity contribution in [3.63, 3.8) is 0 Å². The van der Waals surface area contributed by atoms with Crippen LogP contribution in [0.1, 0.15) is 12.5 Å². The van der Waals surface area contributed by atoms with Crippen molar-refractivity contribution in [3.8, 4) is 0 Å². The maximum atomic E-state index is 6.29. The van der Waals surface area contributed by atoms with Crippen LogP contribution in [-0.2, 0) is 11.3 Å². The monoisotopic (exact) mass is 276 g/mol. The minimum atomic E-state index is 0.293. The Labute approximate surface area is 118 Å². The molecule has 0 bridgehead atoms. The first-order valence-electron chi connectivity index (χ1n) is 6.60. The first kappa shape index (κ1) is 12.9. The molecule has 1 aliphatic heterocycles. The number of fused-ring (bicyclic) bond motifs is 1. The van der Waals surface area contributed by atoms with Crippen molar-refractivity contribution >= 4 is 22.5 Å². The van der Waals surface area contributed by atoms with E-state index < -0.39 is 0 Å². The van der Waals surface area contributed by atoms with E-state index in [0.29, 0.717) is 11.3 Å². The van der Waals surface area contributed by atoms with E-state index >= 15 is 0 Å². The summed E-state index contributed by atoms with van der Waals surface area (Å²) < 4.78 is 5.56. The second kappa shape index (κ2) is 5.45. The largest absolute Gasteiger partial charge is 0.376 e. The molecule has 1 unspecified atom stereocenters. The molecular formula is C15H17ClN2O. The lowest BCUT2D eigenvalue weighted by Gasteiger charge is -2.31. The highest BCUT2D eigenvalue weighted by Crippen LogP contribution is 2.22. The van der Waals surface area contributed by atoms with Gasteiger partial charge in [-0.3, -0.25) is 4.90 Å². The summed E-state index contributed by atoms with van der Waals surface area (Å²) in [5.41, 5.74) is 2.04. The van der Waals surface area contributed by atoms with Gasteiger partial charge in [0.05, 0.1) is 18.2 Å². The minimum Gasteiger partial charge on any atom is -0.376 e. The zero-order valence-electron chi connectivity index (χ0n) is 11.0. The highest BCUT2D eigenvalue weighted by Gasteiger charge is 2.18. The van der Waals surface area contributed by atoms with Crippen molar-refractivity contribution in [2.24, 2.45) is 0 Å². The maximum absolute atomic E-state index is 6.29. The van der Waals surface area contributed by atoms with Crippen molar-refractivity contribution in [1.29, 1.82) is 0 Å². The van der Waals surface area contributed by atoms with E-state index in [4.69, 9.17) is 16.3 Å². The summed E-state index contributed by atoms with van der Waals surface area (Å²) in [4.78, 5) is 6.83. The topological polar surface area (TPSA) is 25.4 Å². The fourth-order valence-electron chi connectivity index (χ4n) is 2.52. The third-order valence-corrected chi connectivity index (χ3v) is 3.80. The van der Waals surface area contributed by atoms with E-state index in [0.717, 1.165) is 42.7 Å². The summed E-state index contributed by atoms with van der Waals surface area (Å²) in [5.74, 6) is 0. The van der Waals surface area contributed by atoms with Gasteiger partial charge in [0.1, 0.15) is 5.15 Å². The van der Waals surface area contributed by atoms with Crippen LogP contribution in [0.15, 0.2) is 30.3 Å². The van der Waals surface area contributed by atoms with Gasteiger partial charge in [0.15, 0.2) is 0 Å². The standard InChI is InChI=1S/C15H17ClN2O/c1-11-9-18(6-7-19-11)10-13-8-12-4-2-3-5-14(12)17-15(13)16/h2-5,8,11H,6-7,9-10H2,1H3. The van der Waals surface area contributed by atoms with E-state index in [1.54, 1.807) is 0 Å². The number of rotatable bonds is 2. The average molecular weight is 277 g/mol. The molecule has 0 radical (unpaired) electrons. The molecule has 1 aromatic carbocycles. The molecule has 3 rings (SSSR count). The van der Waals surface area contributed by atoms with Crippen molar-refractivity contribution < 1.29 is 4.74 Å². The van der Waals surface area contributed by atoms with Gasteiger partial charge in [-0.1, -0.05) is 29.8 Å². The fraction of sp³-hybridized carbons (Fsp3) is 0.400. The number of benzene rings is 1. The number of aromatic nitrogens is 1. The molecule has 4 heteroatoms. The fourth-order valence-corrected chi connectivity index (χ4v) is 2.73. The van der Waals surface area contributed by atoms with Crippen LogP contribution in [0.5, 0.6) is 0 Å². The van der Waals surface area contributed by atoms with Crippen LogP contribution in [0.2, 0.25) is 5.15 Å². The smallest absolute Gasteiger partial charge is 0.134 e. The zero-order valence-corrected chi connectivity index (χ0v) is 11.7. The molecule has 100 valence electrons. The zero-order chi connectivity index (χ0) is 13.2.